The van der Waals surface area contributed by atoms with E-state index in [0.29, 0.717) is 10.6 Å². The van der Waals surface area contributed by atoms with Crippen LogP contribution < -0.4 is 0 Å². The van der Waals surface area contributed by atoms with Crippen LogP contribution in [0.5, 0.6) is 0 Å². The first-order valence-electron chi connectivity index (χ1n) is 8.31. The lowest BCUT2D eigenvalue weighted by molar-refractivity contribution is 0.0473. The van der Waals surface area contributed by atoms with Crippen molar-refractivity contribution in [2.75, 3.05) is 6.61 Å². The molecule has 0 atom stereocenters. The highest BCUT2D eigenvalue weighted by atomic mass is 35.5. The minimum atomic E-state index is -0.798. The summed E-state index contributed by atoms with van der Waals surface area (Å²) in [4.78, 5) is 37.2. The van der Waals surface area contributed by atoms with Gasteiger partial charge in [-0.25, -0.2) is 9.18 Å². The highest BCUT2D eigenvalue weighted by Gasteiger charge is 2.20. The van der Waals surface area contributed by atoms with Gasteiger partial charge >= 0.3 is 5.97 Å². The van der Waals surface area contributed by atoms with E-state index in [1.54, 1.807) is 36.4 Å². The van der Waals surface area contributed by atoms with Gasteiger partial charge in [-0.15, -0.1) is 0 Å². The minimum absolute atomic E-state index is 0.0503. The molecule has 0 fully saturated rings. The Morgan fingerprint density at radius 2 is 1.36 bits per heavy atom. The maximum Gasteiger partial charge on any atom is 0.339 e. The van der Waals surface area contributed by atoms with Crippen molar-refractivity contribution in [3.63, 3.8) is 0 Å². The molecule has 0 aliphatic carbocycles. The molecule has 0 bridgehead atoms. The SMILES string of the molecule is O=C(COC(=O)c1ccccc1C(=O)c1ccc(Cl)cc1)c1ccc(F)cc1. The van der Waals surface area contributed by atoms with Gasteiger partial charge < -0.3 is 4.74 Å². The molecule has 0 aliphatic rings. The summed E-state index contributed by atoms with van der Waals surface area (Å²) in [5, 5.41) is 0.489. The number of benzene rings is 3. The Labute approximate surface area is 165 Å². The molecular formula is C22H14ClFO4. The summed E-state index contributed by atoms with van der Waals surface area (Å²) in [6, 6.07) is 17.4. The van der Waals surface area contributed by atoms with Gasteiger partial charge in [-0.1, -0.05) is 29.8 Å². The standard InChI is InChI=1S/C22H14ClFO4/c23-16-9-5-15(6-10-16)21(26)18-3-1-2-4-19(18)22(27)28-13-20(25)14-7-11-17(24)12-8-14/h1-12H,13H2. The van der Waals surface area contributed by atoms with Gasteiger partial charge in [0.15, 0.2) is 18.2 Å². The molecule has 0 unspecified atom stereocenters. The fourth-order valence-electron chi connectivity index (χ4n) is 2.54. The van der Waals surface area contributed by atoms with Crippen LogP contribution in [0.2, 0.25) is 5.02 Å². The van der Waals surface area contributed by atoms with Gasteiger partial charge in [0.05, 0.1) is 5.56 Å². The molecule has 4 nitrogen and oxygen atoms in total. The summed E-state index contributed by atoms with van der Waals surface area (Å²) in [6.07, 6.45) is 0. The van der Waals surface area contributed by atoms with Gasteiger partial charge in [-0.3, -0.25) is 9.59 Å². The van der Waals surface area contributed by atoms with Crippen molar-refractivity contribution in [2.24, 2.45) is 0 Å². The van der Waals surface area contributed by atoms with Crippen molar-refractivity contribution in [1.82, 2.24) is 0 Å². The number of Topliss-reactive ketones (excluding diaryl/α,β-unsaturated/α-hetero) is 1. The quantitative estimate of drug-likeness (QED) is 0.445. The maximum atomic E-state index is 12.9. The predicted molar refractivity (Wildman–Crippen MR) is 102 cm³/mol. The first-order chi connectivity index (χ1) is 13.5. The van der Waals surface area contributed by atoms with Gasteiger partial charge in [-0.05, 0) is 54.6 Å². The molecule has 6 heteroatoms. The lowest BCUT2D eigenvalue weighted by atomic mass is 9.98. The zero-order chi connectivity index (χ0) is 20.1. The first kappa shape index (κ1) is 19.5. The molecule has 0 heterocycles. The van der Waals surface area contributed by atoms with E-state index < -0.39 is 24.2 Å². The summed E-state index contributed by atoms with van der Waals surface area (Å²) in [5.41, 5.74) is 0.796. The second kappa shape index (κ2) is 8.59. The van der Waals surface area contributed by atoms with E-state index in [0.717, 1.165) is 12.1 Å². The lowest BCUT2D eigenvalue weighted by Crippen LogP contribution is -2.17. The Morgan fingerprint density at radius 3 is 2.00 bits per heavy atom. The number of hydrogen-bond donors (Lipinski definition) is 0. The van der Waals surface area contributed by atoms with E-state index in [1.165, 1.54) is 24.3 Å². The number of ether oxygens (including phenoxy) is 1. The summed E-state index contributed by atoms with van der Waals surface area (Å²) in [7, 11) is 0. The molecule has 3 aromatic rings. The molecule has 0 aliphatic heterocycles. The van der Waals surface area contributed by atoms with E-state index in [1.807, 2.05) is 0 Å². The van der Waals surface area contributed by atoms with Crippen LogP contribution in [-0.4, -0.2) is 24.1 Å². The Balaban J connectivity index is 1.75. The minimum Gasteiger partial charge on any atom is -0.454 e. The molecule has 3 rings (SSSR count). The topological polar surface area (TPSA) is 60.4 Å². The molecule has 0 spiro atoms. The number of carbonyl (C=O) groups excluding carboxylic acids is 3. The molecule has 0 radical (unpaired) electrons. The van der Waals surface area contributed by atoms with Crippen LogP contribution in [0.25, 0.3) is 0 Å². The number of halogens is 2. The number of carbonyl (C=O) groups is 3. The van der Waals surface area contributed by atoms with Crippen molar-refractivity contribution < 1.29 is 23.5 Å². The van der Waals surface area contributed by atoms with Crippen LogP contribution in [-0.2, 0) is 4.74 Å². The van der Waals surface area contributed by atoms with Gasteiger partial charge in [0.1, 0.15) is 5.82 Å². The summed E-state index contributed by atoms with van der Waals surface area (Å²) in [5.74, 6) is -2.11. The van der Waals surface area contributed by atoms with E-state index >= 15 is 0 Å². The van der Waals surface area contributed by atoms with Gasteiger partial charge in [0.2, 0.25) is 0 Å². The predicted octanol–water partition coefficient (Wildman–Crippen LogP) is 4.75. The van der Waals surface area contributed by atoms with Crippen LogP contribution in [0.3, 0.4) is 0 Å². The van der Waals surface area contributed by atoms with E-state index in [2.05, 4.69) is 0 Å². The fraction of sp³-hybridized carbons (Fsp3) is 0.0455. The number of hydrogen-bond acceptors (Lipinski definition) is 4. The highest BCUT2D eigenvalue weighted by Crippen LogP contribution is 2.18. The fourth-order valence-corrected chi connectivity index (χ4v) is 2.67. The summed E-state index contributed by atoms with van der Waals surface area (Å²) >= 11 is 5.84. The zero-order valence-electron chi connectivity index (χ0n) is 14.5. The monoisotopic (exact) mass is 396 g/mol. The third kappa shape index (κ3) is 4.50. The largest absolute Gasteiger partial charge is 0.454 e. The second-order valence-electron chi connectivity index (χ2n) is 5.89. The van der Waals surface area contributed by atoms with Gasteiger partial charge in [-0.2, -0.15) is 0 Å². The van der Waals surface area contributed by atoms with Crippen LogP contribution in [0.1, 0.15) is 36.6 Å². The number of esters is 1. The zero-order valence-corrected chi connectivity index (χ0v) is 15.3. The van der Waals surface area contributed by atoms with Crippen LogP contribution in [0.15, 0.2) is 72.8 Å². The molecule has 0 N–H and O–H groups in total. The first-order valence-corrected chi connectivity index (χ1v) is 8.68. The lowest BCUT2D eigenvalue weighted by Gasteiger charge is -2.09. The third-order valence-corrected chi connectivity index (χ3v) is 4.25. The molecule has 0 saturated heterocycles. The summed E-state index contributed by atoms with van der Waals surface area (Å²) in [6.45, 7) is -0.520. The molecule has 3 aromatic carbocycles. The Kier molecular flexibility index (Phi) is 5.96. The van der Waals surface area contributed by atoms with Crippen LogP contribution in [0, 0.1) is 5.82 Å². The Morgan fingerprint density at radius 1 is 0.786 bits per heavy atom. The molecule has 28 heavy (non-hydrogen) atoms. The van der Waals surface area contributed by atoms with Crippen molar-refractivity contribution in [1.29, 1.82) is 0 Å². The van der Waals surface area contributed by atoms with E-state index in [4.69, 9.17) is 16.3 Å². The van der Waals surface area contributed by atoms with Crippen LogP contribution in [0.4, 0.5) is 4.39 Å². The number of rotatable bonds is 6. The van der Waals surface area contributed by atoms with E-state index in [-0.39, 0.29) is 22.5 Å². The van der Waals surface area contributed by atoms with Crippen LogP contribution >= 0.6 is 11.6 Å². The molecular weight excluding hydrogens is 383 g/mol. The molecule has 0 amide bonds. The average Bonchev–Trinajstić information content (AvgIpc) is 2.72. The van der Waals surface area contributed by atoms with Crippen molar-refractivity contribution >= 4 is 29.1 Å². The summed E-state index contributed by atoms with van der Waals surface area (Å²) < 4.78 is 18.0. The van der Waals surface area contributed by atoms with Crippen molar-refractivity contribution in [3.05, 3.63) is 106 Å². The molecule has 0 aromatic heterocycles. The number of ketones is 2. The maximum absolute atomic E-state index is 12.9. The smallest absolute Gasteiger partial charge is 0.339 e. The third-order valence-electron chi connectivity index (χ3n) is 4.00. The normalized spacial score (nSPS) is 10.4. The molecule has 0 saturated carbocycles. The van der Waals surface area contributed by atoms with E-state index in [9.17, 15) is 18.8 Å². The Hall–Kier alpha value is -3.31. The Bertz CT molecular complexity index is 1030. The average molecular weight is 397 g/mol. The second-order valence-corrected chi connectivity index (χ2v) is 6.32. The molecule has 140 valence electrons. The highest BCUT2D eigenvalue weighted by molar-refractivity contribution is 6.30. The van der Waals surface area contributed by atoms with Gasteiger partial charge in [0, 0.05) is 21.7 Å². The van der Waals surface area contributed by atoms with Crippen molar-refractivity contribution in [3.8, 4) is 0 Å². The van der Waals surface area contributed by atoms with Gasteiger partial charge in [0.25, 0.3) is 0 Å². The van der Waals surface area contributed by atoms with Crippen molar-refractivity contribution in [2.45, 2.75) is 0 Å².